The van der Waals surface area contributed by atoms with Crippen LogP contribution in [0.4, 0.5) is 0 Å². The van der Waals surface area contributed by atoms with E-state index in [2.05, 4.69) is 13.0 Å². The van der Waals surface area contributed by atoms with Crippen molar-refractivity contribution < 1.29 is 19.4 Å². The number of aryl methyl sites for hydroxylation is 1. The van der Waals surface area contributed by atoms with Gasteiger partial charge in [-0.25, -0.2) is 0 Å². The molecule has 0 spiro atoms. The number of morpholine rings is 1. The minimum atomic E-state index is -0.287. The maximum Gasteiger partial charge on any atom is 0.325 e. The van der Waals surface area contributed by atoms with Crippen LogP contribution in [0.1, 0.15) is 43.2 Å². The molecule has 1 heterocycles. The van der Waals surface area contributed by atoms with Crippen molar-refractivity contribution in [2.45, 2.75) is 39.0 Å². The molecule has 1 aromatic rings. The van der Waals surface area contributed by atoms with E-state index in [1.165, 1.54) is 5.57 Å². The SMILES string of the molecule is CC1=CC(c2c(O)cc(C)cc2OC(=O)CN2CCOCC2)CCC1. The van der Waals surface area contributed by atoms with Crippen molar-refractivity contribution in [3.63, 3.8) is 0 Å². The van der Waals surface area contributed by atoms with Gasteiger partial charge in [0.25, 0.3) is 0 Å². The van der Waals surface area contributed by atoms with Gasteiger partial charge in [-0.2, -0.15) is 0 Å². The van der Waals surface area contributed by atoms with Gasteiger partial charge in [0.1, 0.15) is 11.5 Å². The van der Waals surface area contributed by atoms with E-state index in [9.17, 15) is 9.90 Å². The largest absolute Gasteiger partial charge is 0.507 e. The van der Waals surface area contributed by atoms with Crippen molar-refractivity contribution in [1.29, 1.82) is 0 Å². The highest BCUT2D eigenvalue weighted by Crippen LogP contribution is 2.41. The quantitative estimate of drug-likeness (QED) is 0.516. The first-order chi connectivity index (χ1) is 12.0. The Balaban J connectivity index is 1.79. The third kappa shape index (κ3) is 4.61. The lowest BCUT2D eigenvalue weighted by Gasteiger charge is -2.26. The van der Waals surface area contributed by atoms with Crippen LogP contribution in [0.25, 0.3) is 0 Å². The van der Waals surface area contributed by atoms with Gasteiger partial charge in [-0.05, 0) is 50.8 Å². The van der Waals surface area contributed by atoms with Crippen molar-refractivity contribution in [3.8, 4) is 11.5 Å². The van der Waals surface area contributed by atoms with Gasteiger partial charge in [0, 0.05) is 24.6 Å². The Kier molecular flexibility index (Phi) is 5.76. The van der Waals surface area contributed by atoms with Crippen LogP contribution in [0, 0.1) is 6.92 Å². The topological polar surface area (TPSA) is 59.0 Å². The molecule has 5 heteroatoms. The van der Waals surface area contributed by atoms with Gasteiger partial charge in [-0.15, -0.1) is 0 Å². The van der Waals surface area contributed by atoms with Crippen LogP contribution >= 0.6 is 0 Å². The number of phenols is 1. The second kappa shape index (κ2) is 8.02. The Morgan fingerprint density at radius 3 is 2.80 bits per heavy atom. The highest BCUT2D eigenvalue weighted by atomic mass is 16.5. The Hall–Kier alpha value is -1.85. The summed E-state index contributed by atoms with van der Waals surface area (Å²) in [7, 11) is 0. The van der Waals surface area contributed by atoms with Crippen molar-refractivity contribution in [2.24, 2.45) is 0 Å². The zero-order valence-corrected chi connectivity index (χ0v) is 15.1. The number of hydrogen-bond acceptors (Lipinski definition) is 5. The normalized spacial score (nSPS) is 21.7. The maximum absolute atomic E-state index is 12.4. The number of hydrogen-bond donors (Lipinski definition) is 1. The molecule has 1 aromatic carbocycles. The van der Waals surface area contributed by atoms with Crippen LogP contribution in [0.3, 0.4) is 0 Å². The fourth-order valence-electron chi connectivity index (χ4n) is 3.64. The molecule has 1 aliphatic carbocycles. The molecule has 0 aromatic heterocycles. The van der Waals surface area contributed by atoms with Gasteiger partial charge in [0.05, 0.1) is 19.8 Å². The first-order valence-corrected chi connectivity index (χ1v) is 9.04. The maximum atomic E-state index is 12.4. The third-order valence-electron chi connectivity index (χ3n) is 4.89. The molecule has 1 N–H and O–H groups in total. The number of carbonyl (C=O) groups is 1. The average Bonchev–Trinajstić information content (AvgIpc) is 2.55. The lowest BCUT2D eigenvalue weighted by molar-refractivity contribution is -0.136. The lowest BCUT2D eigenvalue weighted by Crippen LogP contribution is -2.40. The third-order valence-corrected chi connectivity index (χ3v) is 4.89. The van der Waals surface area contributed by atoms with Gasteiger partial charge in [0.15, 0.2) is 0 Å². The zero-order chi connectivity index (χ0) is 17.8. The molecule has 0 radical (unpaired) electrons. The van der Waals surface area contributed by atoms with Gasteiger partial charge in [0.2, 0.25) is 0 Å². The smallest absolute Gasteiger partial charge is 0.325 e. The molecule has 5 nitrogen and oxygen atoms in total. The van der Waals surface area contributed by atoms with E-state index < -0.39 is 0 Å². The summed E-state index contributed by atoms with van der Waals surface area (Å²) in [5.74, 6) is 0.516. The molecule has 25 heavy (non-hydrogen) atoms. The molecule has 3 rings (SSSR count). The molecule has 0 amide bonds. The summed E-state index contributed by atoms with van der Waals surface area (Å²) in [5, 5.41) is 10.5. The fourth-order valence-corrected chi connectivity index (χ4v) is 3.64. The minimum Gasteiger partial charge on any atom is -0.507 e. The predicted molar refractivity (Wildman–Crippen MR) is 96.1 cm³/mol. The molecule has 1 unspecified atom stereocenters. The second-order valence-corrected chi connectivity index (χ2v) is 7.07. The number of benzene rings is 1. The van der Waals surface area contributed by atoms with Crippen molar-refractivity contribution >= 4 is 5.97 Å². The standard InChI is InChI=1S/C20H27NO4/c1-14-4-3-5-16(10-14)20-17(22)11-15(2)12-18(20)25-19(23)13-21-6-8-24-9-7-21/h10-12,16,22H,3-9,13H2,1-2H3. The van der Waals surface area contributed by atoms with Crippen LogP contribution in [0.2, 0.25) is 0 Å². The summed E-state index contributed by atoms with van der Waals surface area (Å²) in [6, 6.07) is 3.59. The summed E-state index contributed by atoms with van der Waals surface area (Å²) in [6.45, 7) is 7.03. The van der Waals surface area contributed by atoms with E-state index in [4.69, 9.17) is 9.47 Å². The van der Waals surface area contributed by atoms with Gasteiger partial charge >= 0.3 is 5.97 Å². The number of nitrogens with zero attached hydrogens (tertiary/aromatic N) is 1. The van der Waals surface area contributed by atoms with E-state index in [1.807, 2.05) is 17.9 Å². The monoisotopic (exact) mass is 345 g/mol. The molecule has 136 valence electrons. The van der Waals surface area contributed by atoms with Gasteiger partial charge in [-0.3, -0.25) is 9.69 Å². The lowest BCUT2D eigenvalue weighted by atomic mass is 9.85. The van der Waals surface area contributed by atoms with Crippen LogP contribution < -0.4 is 4.74 Å². The van der Waals surface area contributed by atoms with E-state index in [1.54, 1.807) is 6.07 Å². The highest BCUT2D eigenvalue weighted by Gasteiger charge is 2.24. The molecule has 0 bridgehead atoms. The Bertz CT molecular complexity index is 662. The number of allylic oxidation sites excluding steroid dienone is 2. The minimum absolute atomic E-state index is 0.0977. The van der Waals surface area contributed by atoms with E-state index in [0.717, 1.165) is 43.5 Å². The summed E-state index contributed by atoms with van der Waals surface area (Å²) in [6.07, 6.45) is 5.33. The summed E-state index contributed by atoms with van der Waals surface area (Å²) in [4.78, 5) is 14.4. The van der Waals surface area contributed by atoms with Crippen LogP contribution in [0.15, 0.2) is 23.8 Å². The molecule has 1 atom stereocenters. The van der Waals surface area contributed by atoms with Gasteiger partial charge < -0.3 is 14.6 Å². The summed E-state index contributed by atoms with van der Waals surface area (Å²) in [5.41, 5.74) is 2.94. The number of esters is 1. The molecular weight excluding hydrogens is 318 g/mol. The number of carbonyl (C=O) groups excluding carboxylic acids is 1. The first kappa shape index (κ1) is 18.0. The summed E-state index contributed by atoms with van der Waals surface area (Å²) >= 11 is 0. The number of ether oxygens (including phenoxy) is 2. The molecule has 0 saturated carbocycles. The Morgan fingerprint density at radius 1 is 1.32 bits per heavy atom. The number of aromatic hydroxyl groups is 1. The molecule has 2 aliphatic rings. The number of phenolic OH excluding ortho intramolecular Hbond substituents is 1. The molecular formula is C20H27NO4. The fraction of sp³-hybridized carbons (Fsp3) is 0.550. The van der Waals surface area contributed by atoms with Crippen LogP contribution in [0.5, 0.6) is 11.5 Å². The Morgan fingerprint density at radius 2 is 2.08 bits per heavy atom. The molecule has 1 aliphatic heterocycles. The number of rotatable bonds is 4. The Labute approximate surface area is 149 Å². The van der Waals surface area contributed by atoms with Crippen molar-refractivity contribution in [3.05, 3.63) is 34.9 Å². The second-order valence-electron chi connectivity index (χ2n) is 7.07. The van der Waals surface area contributed by atoms with Crippen LogP contribution in [-0.2, 0) is 9.53 Å². The van der Waals surface area contributed by atoms with E-state index in [0.29, 0.717) is 19.0 Å². The van der Waals surface area contributed by atoms with E-state index in [-0.39, 0.29) is 24.2 Å². The van der Waals surface area contributed by atoms with E-state index >= 15 is 0 Å². The molecule has 1 fully saturated rings. The predicted octanol–water partition coefficient (Wildman–Crippen LogP) is 3.15. The summed E-state index contributed by atoms with van der Waals surface area (Å²) < 4.78 is 11.0. The van der Waals surface area contributed by atoms with Crippen LogP contribution in [-0.4, -0.2) is 48.8 Å². The molecule has 1 saturated heterocycles. The average molecular weight is 345 g/mol. The first-order valence-electron chi connectivity index (χ1n) is 9.04. The van der Waals surface area contributed by atoms with Gasteiger partial charge in [-0.1, -0.05) is 11.6 Å². The van der Waals surface area contributed by atoms with Crippen molar-refractivity contribution in [1.82, 2.24) is 4.90 Å². The van der Waals surface area contributed by atoms with Crippen molar-refractivity contribution in [2.75, 3.05) is 32.8 Å². The zero-order valence-electron chi connectivity index (χ0n) is 15.1. The highest BCUT2D eigenvalue weighted by molar-refractivity contribution is 5.75.